The molecule has 11 heteroatoms. The molecule has 0 atom stereocenters. The molecule has 0 saturated carbocycles. The van der Waals surface area contributed by atoms with Gasteiger partial charge < -0.3 is 10.1 Å². The van der Waals surface area contributed by atoms with Crippen LogP contribution in [0.25, 0.3) is 16.9 Å². The molecular formula is C18H9Cl3F3N3O2. The third-order valence-corrected chi connectivity index (χ3v) is 4.90. The summed E-state index contributed by atoms with van der Waals surface area (Å²) in [6.45, 7) is -0.140. The monoisotopic (exact) mass is 461 g/mol. The first-order valence-corrected chi connectivity index (χ1v) is 9.16. The highest BCUT2D eigenvalue weighted by Gasteiger charge is 2.36. The Kier molecular flexibility index (Phi) is 4.88. The topological polar surface area (TPSA) is 56.1 Å². The Labute approximate surface area is 176 Å². The van der Waals surface area contributed by atoms with Crippen LogP contribution in [0.4, 0.5) is 18.9 Å². The summed E-state index contributed by atoms with van der Waals surface area (Å²) in [5, 5.41) is 6.55. The van der Waals surface area contributed by atoms with Crippen molar-refractivity contribution >= 4 is 46.4 Å². The Morgan fingerprint density at radius 2 is 1.76 bits per heavy atom. The molecule has 0 bridgehead atoms. The lowest BCUT2D eigenvalue weighted by atomic mass is 10.1. The zero-order valence-electron chi connectivity index (χ0n) is 14.1. The summed E-state index contributed by atoms with van der Waals surface area (Å²) in [4.78, 5) is 11.6. The molecule has 4 rings (SSSR count). The molecule has 0 fully saturated rings. The van der Waals surface area contributed by atoms with Crippen molar-refractivity contribution in [1.29, 1.82) is 0 Å². The van der Waals surface area contributed by atoms with E-state index < -0.39 is 11.9 Å². The van der Waals surface area contributed by atoms with Gasteiger partial charge in [0.05, 0.1) is 21.4 Å². The number of carbonyl (C=O) groups excluding carboxylic acids is 1. The molecule has 150 valence electrons. The number of aromatic nitrogens is 2. The van der Waals surface area contributed by atoms with Crippen LogP contribution >= 0.6 is 34.8 Å². The summed E-state index contributed by atoms with van der Waals surface area (Å²) in [6.07, 6.45) is -4.70. The van der Waals surface area contributed by atoms with E-state index in [1.807, 2.05) is 0 Å². The Morgan fingerprint density at radius 1 is 1.07 bits per heavy atom. The van der Waals surface area contributed by atoms with Gasteiger partial charge in [-0.3, -0.25) is 4.79 Å². The average Bonchev–Trinajstić information content (AvgIpc) is 3.05. The third-order valence-electron chi connectivity index (χ3n) is 4.10. The standard InChI is InChI=1S/C18H9Cl3F3N3O2/c19-9-4-10(20)17(11(21)5-9)27-13(6-15(26-27)18(22,23)24)8-1-2-14-12(3-8)25-16(28)7-29-14/h1-6H,7H2,(H,25,28). The van der Waals surface area contributed by atoms with Crippen molar-refractivity contribution in [2.75, 3.05) is 11.9 Å². The molecule has 2 heterocycles. The summed E-state index contributed by atoms with van der Waals surface area (Å²) >= 11 is 18.3. The van der Waals surface area contributed by atoms with Crippen LogP contribution in [0.3, 0.4) is 0 Å². The molecule has 0 saturated heterocycles. The van der Waals surface area contributed by atoms with E-state index in [0.717, 1.165) is 10.7 Å². The molecule has 1 N–H and O–H groups in total. The van der Waals surface area contributed by atoms with Gasteiger partial charge in [0.25, 0.3) is 5.91 Å². The van der Waals surface area contributed by atoms with E-state index in [0.29, 0.717) is 17.0 Å². The fourth-order valence-corrected chi connectivity index (χ4v) is 3.85. The van der Waals surface area contributed by atoms with Crippen molar-refractivity contribution in [3.8, 4) is 22.7 Å². The predicted molar refractivity (Wildman–Crippen MR) is 103 cm³/mol. The molecular weight excluding hydrogens is 454 g/mol. The van der Waals surface area contributed by atoms with E-state index in [1.54, 1.807) is 12.1 Å². The van der Waals surface area contributed by atoms with Crippen molar-refractivity contribution in [2.45, 2.75) is 6.18 Å². The van der Waals surface area contributed by atoms with Crippen LogP contribution in [-0.2, 0) is 11.0 Å². The molecule has 0 radical (unpaired) electrons. The van der Waals surface area contributed by atoms with Gasteiger partial charge in [-0.25, -0.2) is 4.68 Å². The highest BCUT2D eigenvalue weighted by Crippen LogP contribution is 2.40. The number of rotatable bonds is 2. The summed E-state index contributed by atoms with van der Waals surface area (Å²) in [5.41, 5.74) is -0.368. The summed E-state index contributed by atoms with van der Waals surface area (Å²) in [7, 11) is 0. The van der Waals surface area contributed by atoms with Crippen molar-refractivity contribution in [2.24, 2.45) is 0 Å². The number of nitrogens with zero attached hydrogens (tertiary/aromatic N) is 2. The molecule has 0 unspecified atom stereocenters. The molecule has 5 nitrogen and oxygen atoms in total. The van der Waals surface area contributed by atoms with Gasteiger partial charge in [-0.2, -0.15) is 18.3 Å². The highest BCUT2D eigenvalue weighted by atomic mass is 35.5. The molecule has 0 aliphatic carbocycles. The number of alkyl halides is 3. The van der Waals surface area contributed by atoms with Crippen LogP contribution in [0.1, 0.15) is 5.69 Å². The van der Waals surface area contributed by atoms with Crippen molar-refractivity contribution in [3.05, 3.63) is 57.2 Å². The lowest BCUT2D eigenvalue weighted by molar-refractivity contribution is -0.141. The molecule has 3 aromatic rings. The second-order valence-electron chi connectivity index (χ2n) is 6.09. The summed E-state index contributed by atoms with van der Waals surface area (Å²) in [5.74, 6) is 0.0287. The fourth-order valence-electron chi connectivity index (χ4n) is 2.88. The van der Waals surface area contributed by atoms with Gasteiger partial charge in [-0.05, 0) is 36.4 Å². The molecule has 1 amide bonds. The number of fused-ring (bicyclic) bond motifs is 1. The Morgan fingerprint density at radius 3 is 2.41 bits per heavy atom. The fraction of sp³-hybridized carbons (Fsp3) is 0.111. The van der Waals surface area contributed by atoms with E-state index in [9.17, 15) is 18.0 Å². The van der Waals surface area contributed by atoms with Crippen molar-refractivity contribution in [3.63, 3.8) is 0 Å². The average molecular weight is 463 g/mol. The largest absolute Gasteiger partial charge is 0.482 e. The van der Waals surface area contributed by atoms with Gasteiger partial charge >= 0.3 is 6.18 Å². The summed E-state index contributed by atoms with van der Waals surface area (Å²) in [6, 6.07) is 8.14. The minimum Gasteiger partial charge on any atom is -0.482 e. The van der Waals surface area contributed by atoms with Crippen LogP contribution in [0.5, 0.6) is 5.75 Å². The van der Waals surface area contributed by atoms with Crippen molar-refractivity contribution < 1.29 is 22.7 Å². The van der Waals surface area contributed by atoms with E-state index in [2.05, 4.69) is 10.4 Å². The number of benzene rings is 2. The van der Waals surface area contributed by atoms with Gasteiger partial charge in [0.2, 0.25) is 0 Å². The number of ether oxygens (including phenoxy) is 1. The first-order valence-electron chi connectivity index (χ1n) is 8.03. The molecule has 0 spiro atoms. The molecule has 1 aliphatic rings. The van der Waals surface area contributed by atoms with Gasteiger partial charge in [0.1, 0.15) is 11.4 Å². The van der Waals surface area contributed by atoms with Crippen LogP contribution < -0.4 is 10.1 Å². The normalized spacial score (nSPS) is 13.7. The second kappa shape index (κ2) is 7.12. The smallest absolute Gasteiger partial charge is 0.435 e. The molecule has 29 heavy (non-hydrogen) atoms. The van der Waals surface area contributed by atoms with E-state index >= 15 is 0 Å². The van der Waals surface area contributed by atoms with Crippen LogP contribution in [0.2, 0.25) is 15.1 Å². The maximum atomic E-state index is 13.4. The number of anilines is 1. The number of nitrogens with one attached hydrogen (secondary N) is 1. The lowest BCUT2D eigenvalue weighted by Crippen LogP contribution is -2.25. The summed E-state index contributed by atoms with van der Waals surface area (Å²) < 4.78 is 46.4. The predicted octanol–water partition coefficient (Wildman–Crippen LogP) is 5.85. The Balaban J connectivity index is 1.94. The first-order chi connectivity index (χ1) is 13.6. The number of hydrogen-bond donors (Lipinski definition) is 1. The highest BCUT2D eigenvalue weighted by molar-refractivity contribution is 6.40. The van der Waals surface area contributed by atoms with Crippen LogP contribution in [0, 0.1) is 0 Å². The molecule has 1 aromatic heterocycles. The van der Waals surface area contributed by atoms with Crippen LogP contribution in [-0.4, -0.2) is 22.3 Å². The zero-order chi connectivity index (χ0) is 20.9. The van der Waals surface area contributed by atoms with E-state index in [1.165, 1.54) is 18.2 Å². The lowest BCUT2D eigenvalue weighted by Gasteiger charge is -2.19. The minimum atomic E-state index is -4.70. The Hall–Kier alpha value is -2.42. The number of halogens is 6. The number of hydrogen-bond acceptors (Lipinski definition) is 3. The number of amides is 1. The van der Waals surface area contributed by atoms with Crippen LogP contribution in [0.15, 0.2) is 36.4 Å². The van der Waals surface area contributed by atoms with Gasteiger partial charge in [-0.1, -0.05) is 34.8 Å². The van der Waals surface area contributed by atoms with Gasteiger partial charge in [0, 0.05) is 10.6 Å². The number of carbonyl (C=O) groups is 1. The van der Waals surface area contributed by atoms with Crippen molar-refractivity contribution in [1.82, 2.24) is 9.78 Å². The first kappa shape index (κ1) is 19.9. The molecule has 2 aromatic carbocycles. The maximum Gasteiger partial charge on any atom is 0.435 e. The van der Waals surface area contributed by atoms with E-state index in [4.69, 9.17) is 39.5 Å². The molecule has 1 aliphatic heterocycles. The second-order valence-corrected chi connectivity index (χ2v) is 7.34. The van der Waals surface area contributed by atoms with E-state index in [-0.39, 0.29) is 39.0 Å². The SMILES string of the molecule is O=C1COc2ccc(-c3cc(C(F)(F)F)nn3-c3c(Cl)cc(Cl)cc3Cl)cc2N1. The quantitative estimate of drug-likeness (QED) is 0.520. The van der Waals surface area contributed by atoms with Gasteiger partial charge in [0.15, 0.2) is 12.3 Å². The maximum absolute atomic E-state index is 13.4. The third kappa shape index (κ3) is 3.75. The zero-order valence-corrected chi connectivity index (χ0v) is 16.4. The van der Waals surface area contributed by atoms with Gasteiger partial charge in [-0.15, -0.1) is 0 Å². The Bertz CT molecular complexity index is 1120. The minimum absolute atomic E-state index is 0.0233.